The zero-order chi connectivity index (χ0) is 19.2. The van der Waals surface area contributed by atoms with Crippen molar-refractivity contribution in [2.24, 2.45) is 0 Å². The normalized spacial score (nSPS) is 16.9. The minimum absolute atomic E-state index is 0.0809. The number of hydrogen-bond donors (Lipinski definition) is 0. The van der Waals surface area contributed by atoms with E-state index in [0.717, 1.165) is 26.1 Å². The van der Waals surface area contributed by atoms with Gasteiger partial charge in [0, 0.05) is 25.1 Å². The van der Waals surface area contributed by atoms with Crippen LogP contribution in [0, 0.1) is 0 Å². The molecule has 0 aromatic heterocycles. The zero-order valence-electron chi connectivity index (χ0n) is 16.2. The maximum absolute atomic E-state index is 12.7. The van der Waals surface area contributed by atoms with Crippen LogP contribution in [0.15, 0.2) is 42.5 Å². The lowest BCUT2D eigenvalue weighted by atomic mass is 9.99. The average Bonchev–Trinajstić information content (AvgIpc) is 3.20. The quantitative estimate of drug-likeness (QED) is 0.663. The van der Waals surface area contributed by atoms with E-state index in [2.05, 4.69) is 29.2 Å². The van der Waals surface area contributed by atoms with Crippen LogP contribution in [-0.4, -0.2) is 51.6 Å². The molecule has 5 nitrogen and oxygen atoms in total. The SMILES string of the molecule is COc1cc(C(=O)CCN2CC[C@@H](c3ccccc3)C2)cc(OC)c1OC. The van der Waals surface area contributed by atoms with Gasteiger partial charge >= 0.3 is 0 Å². The number of likely N-dealkylation sites (tertiary alicyclic amines) is 1. The number of nitrogens with zero attached hydrogens (tertiary/aromatic N) is 1. The number of Topliss-reactive ketones (excluding diaryl/α,β-unsaturated/α-hetero) is 1. The summed E-state index contributed by atoms with van der Waals surface area (Å²) in [5.41, 5.74) is 1.97. The number of carbonyl (C=O) groups excluding carboxylic acids is 1. The number of hydrogen-bond acceptors (Lipinski definition) is 5. The summed E-state index contributed by atoms with van der Waals surface area (Å²) >= 11 is 0. The summed E-state index contributed by atoms with van der Waals surface area (Å²) in [5, 5.41) is 0. The van der Waals surface area contributed by atoms with E-state index in [4.69, 9.17) is 14.2 Å². The van der Waals surface area contributed by atoms with E-state index in [1.807, 2.05) is 6.07 Å². The van der Waals surface area contributed by atoms with Crippen LogP contribution in [0.2, 0.25) is 0 Å². The summed E-state index contributed by atoms with van der Waals surface area (Å²) in [6.07, 6.45) is 1.61. The highest BCUT2D eigenvalue weighted by Gasteiger charge is 2.24. The minimum Gasteiger partial charge on any atom is -0.493 e. The average molecular weight is 369 g/mol. The molecule has 0 unspecified atom stereocenters. The fraction of sp³-hybridized carbons (Fsp3) is 0.409. The molecule has 5 heteroatoms. The molecule has 0 amide bonds. The van der Waals surface area contributed by atoms with E-state index in [1.54, 1.807) is 33.5 Å². The summed E-state index contributed by atoms with van der Waals surface area (Å²) in [5.74, 6) is 2.15. The lowest BCUT2D eigenvalue weighted by Crippen LogP contribution is -2.23. The van der Waals surface area contributed by atoms with Crippen LogP contribution in [0.4, 0.5) is 0 Å². The number of carbonyl (C=O) groups is 1. The molecule has 0 bridgehead atoms. The third kappa shape index (κ3) is 4.42. The second-order valence-electron chi connectivity index (χ2n) is 6.78. The second-order valence-corrected chi connectivity index (χ2v) is 6.78. The van der Waals surface area contributed by atoms with E-state index in [0.29, 0.717) is 35.2 Å². The number of ketones is 1. The Labute approximate surface area is 160 Å². The van der Waals surface area contributed by atoms with Crippen molar-refractivity contribution in [3.8, 4) is 17.2 Å². The topological polar surface area (TPSA) is 48.0 Å². The van der Waals surface area contributed by atoms with Gasteiger partial charge in [-0.1, -0.05) is 30.3 Å². The molecule has 1 aliphatic heterocycles. The smallest absolute Gasteiger partial charge is 0.203 e. The maximum Gasteiger partial charge on any atom is 0.203 e. The summed E-state index contributed by atoms with van der Waals surface area (Å²) in [7, 11) is 4.66. The van der Waals surface area contributed by atoms with Crippen LogP contribution in [0.3, 0.4) is 0 Å². The van der Waals surface area contributed by atoms with E-state index >= 15 is 0 Å². The standard InChI is InChI=1S/C22H27NO4/c1-25-20-13-18(14-21(26-2)22(20)27-3)19(24)10-12-23-11-9-17(15-23)16-7-5-4-6-8-16/h4-8,13-14,17H,9-12,15H2,1-3H3/t17-/m1/s1. The van der Waals surface area contributed by atoms with Gasteiger partial charge in [-0.15, -0.1) is 0 Å². The third-order valence-electron chi connectivity index (χ3n) is 5.19. The first-order valence-corrected chi connectivity index (χ1v) is 9.26. The van der Waals surface area contributed by atoms with Crippen molar-refractivity contribution in [1.82, 2.24) is 4.90 Å². The fourth-order valence-electron chi connectivity index (χ4n) is 3.68. The van der Waals surface area contributed by atoms with Crippen molar-refractivity contribution in [1.29, 1.82) is 0 Å². The fourth-order valence-corrected chi connectivity index (χ4v) is 3.68. The molecule has 1 heterocycles. The highest BCUT2D eigenvalue weighted by atomic mass is 16.5. The van der Waals surface area contributed by atoms with Crippen LogP contribution >= 0.6 is 0 Å². The molecule has 27 heavy (non-hydrogen) atoms. The molecule has 1 saturated heterocycles. The van der Waals surface area contributed by atoms with Gasteiger partial charge in [0.2, 0.25) is 5.75 Å². The van der Waals surface area contributed by atoms with Gasteiger partial charge in [0.15, 0.2) is 17.3 Å². The Morgan fingerprint density at radius 3 is 2.30 bits per heavy atom. The highest BCUT2D eigenvalue weighted by Crippen LogP contribution is 2.38. The predicted molar refractivity (Wildman–Crippen MR) is 105 cm³/mol. The van der Waals surface area contributed by atoms with Crippen molar-refractivity contribution in [2.45, 2.75) is 18.8 Å². The molecule has 0 spiro atoms. The van der Waals surface area contributed by atoms with E-state index in [-0.39, 0.29) is 5.78 Å². The molecular formula is C22H27NO4. The van der Waals surface area contributed by atoms with E-state index in [1.165, 1.54) is 5.56 Å². The molecule has 2 aromatic rings. The predicted octanol–water partition coefficient (Wildman–Crippen LogP) is 3.77. The largest absolute Gasteiger partial charge is 0.493 e. The Balaban J connectivity index is 1.61. The third-order valence-corrected chi connectivity index (χ3v) is 5.19. The molecule has 1 atom stereocenters. The first-order chi connectivity index (χ1) is 13.2. The summed E-state index contributed by atoms with van der Waals surface area (Å²) in [6, 6.07) is 14.1. The van der Waals surface area contributed by atoms with Crippen LogP contribution in [0.1, 0.15) is 34.7 Å². The number of rotatable bonds is 8. The van der Waals surface area contributed by atoms with Gasteiger partial charge in [-0.3, -0.25) is 4.79 Å². The second kappa shape index (κ2) is 8.91. The Morgan fingerprint density at radius 2 is 1.70 bits per heavy atom. The molecule has 144 valence electrons. The van der Waals surface area contributed by atoms with Gasteiger partial charge in [0.25, 0.3) is 0 Å². The molecule has 3 rings (SSSR count). The van der Waals surface area contributed by atoms with Gasteiger partial charge in [-0.05, 0) is 36.6 Å². The summed E-state index contributed by atoms with van der Waals surface area (Å²) in [4.78, 5) is 15.1. The van der Waals surface area contributed by atoms with Gasteiger partial charge in [-0.25, -0.2) is 0 Å². The first kappa shape index (κ1) is 19.2. The number of methoxy groups -OCH3 is 3. The van der Waals surface area contributed by atoms with Crippen molar-refractivity contribution in [3.05, 3.63) is 53.6 Å². The maximum atomic E-state index is 12.7. The first-order valence-electron chi connectivity index (χ1n) is 9.26. The zero-order valence-corrected chi connectivity index (χ0v) is 16.2. The Kier molecular flexibility index (Phi) is 6.35. The summed E-state index contributed by atoms with van der Waals surface area (Å²) < 4.78 is 16.0. The van der Waals surface area contributed by atoms with E-state index < -0.39 is 0 Å². The molecule has 1 aliphatic rings. The lowest BCUT2D eigenvalue weighted by Gasteiger charge is -2.17. The molecule has 1 fully saturated rings. The van der Waals surface area contributed by atoms with Gasteiger partial charge in [-0.2, -0.15) is 0 Å². The van der Waals surface area contributed by atoms with Crippen LogP contribution in [0.25, 0.3) is 0 Å². The Bertz CT molecular complexity index is 750. The lowest BCUT2D eigenvalue weighted by molar-refractivity contribution is 0.0968. The molecule has 0 N–H and O–H groups in total. The minimum atomic E-state index is 0.0809. The molecule has 0 saturated carbocycles. The highest BCUT2D eigenvalue weighted by molar-refractivity contribution is 5.97. The van der Waals surface area contributed by atoms with Gasteiger partial charge in [0.05, 0.1) is 21.3 Å². The summed E-state index contributed by atoms with van der Waals surface area (Å²) in [6.45, 7) is 2.80. The van der Waals surface area contributed by atoms with Crippen molar-refractivity contribution >= 4 is 5.78 Å². The van der Waals surface area contributed by atoms with Crippen molar-refractivity contribution < 1.29 is 19.0 Å². The van der Waals surface area contributed by atoms with Crippen molar-refractivity contribution in [3.63, 3.8) is 0 Å². The van der Waals surface area contributed by atoms with Gasteiger partial charge < -0.3 is 19.1 Å². The van der Waals surface area contributed by atoms with Gasteiger partial charge in [0.1, 0.15) is 0 Å². The monoisotopic (exact) mass is 369 g/mol. The van der Waals surface area contributed by atoms with Crippen LogP contribution < -0.4 is 14.2 Å². The molecule has 0 radical (unpaired) electrons. The molecular weight excluding hydrogens is 342 g/mol. The van der Waals surface area contributed by atoms with Crippen molar-refractivity contribution in [2.75, 3.05) is 41.0 Å². The number of ether oxygens (including phenoxy) is 3. The Morgan fingerprint density at radius 1 is 1.04 bits per heavy atom. The number of benzene rings is 2. The van der Waals surface area contributed by atoms with Crippen LogP contribution in [0.5, 0.6) is 17.2 Å². The molecule has 2 aromatic carbocycles. The molecule has 0 aliphatic carbocycles. The van der Waals surface area contributed by atoms with Crippen LogP contribution in [-0.2, 0) is 0 Å². The Hall–Kier alpha value is -2.53. The van der Waals surface area contributed by atoms with E-state index in [9.17, 15) is 4.79 Å².